The number of hydrogen-bond acceptors (Lipinski definition) is 5. The third-order valence-corrected chi connectivity index (χ3v) is 5.82. The van der Waals surface area contributed by atoms with Gasteiger partial charge in [0.15, 0.2) is 5.96 Å². The van der Waals surface area contributed by atoms with E-state index in [4.69, 9.17) is 9.47 Å². The van der Waals surface area contributed by atoms with E-state index in [2.05, 4.69) is 62.2 Å². The van der Waals surface area contributed by atoms with E-state index in [0.717, 1.165) is 50.1 Å². The molecule has 7 nitrogen and oxygen atoms in total. The van der Waals surface area contributed by atoms with Gasteiger partial charge in [-0.15, -0.1) is 24.0 Å². The average Bonchev–Trinajstić information content (AvgIpc) is 3.37. The molecule has 0 spiro atoms. The summed E-state index contributed by atoms with van der Waals surface area (Å²) in [6, 6.07) is 17.2. The number of rotatable bonds is 11. The summed E-state index contributed by atoms with van der Waals surface area (Å²) in [4.78, 5) is 6.97. The summed E-state index contributed by atoms with van der Waals surface area (Å²) in [7, 11) is 5.23. The van der Waals surface area contributed by atoms with Gasteiger partial charge in [0, 0.05) is 39.5 Å². The van der Waals surface area contributed by atoms with Crippen molar-refractivity contribution in [1.82, 2.24) is 15.5 Å². The van der Waals surface area contributed by atoms with Crippen molar-refractivity contribution < 1.29 is 9.47 Å². The Morgan fingerprint density at radius 1 is 1.00 bits per heavy atom. The lowest BCUT2D eigenvalue weighted by atomic mass is 10.1. The number of methoxy groups -OCH3 is 2. The standard InChI is InChI=1S/C25H37N5O2.HI/c1-26-25(28-18-20-6-10-22(11-7-20)27-14-17-31-2)29-19-24(30-15-4-5-16-30)21-8-12-23(32-3)13-9-21;/h6-13,24,27H,4-5,14-19H2,1-3H3,(H2,26,28,29);1H. The minimum Gasteiger partial charge on any atom is -0.497 e. The third-order valence-electron chi connectivity index (χ3n) is 5.82. The van der Waals surface area contributed by atoms with Gasteiger partial charge in [-0.05, 0) is 61.3 Å². The Morgan fingerprint density at radius 2 is 1.70 bits per heavy atom. The van der Waals surface area contributed by atoms with Gasteiger partial charge in [-0.3, -0.25) is 9.89 Å². The SMILES string of the molecule is CN=C(NCc1ccc(NCCOC)cc1)NCC(c1ccc(OC)cc1)N1CCCC1.I. The Hall–Kier alpha value is -2.04. The second-order valence-corrected chi connectivity index (χ2v) is 7.96. The molecular weight excluding hydrogens is 529 g/mol. The minimum atomic E-state index is 0. The molecule has 33 heavy (non-hydrogen) atoms. The fraction of sp³-hybridized carbons (Fsp3) is 0.480. The molecule has 1 aliphatic rings. The number of likely N-dealkylation sites (tertiary alicyclic amines) is 1. The van der Waals surface area contributed by atoms with Crippen LogP contribution in [0.25, 0.3) is 0 Å². The van der Waals surface area contributed by atoms with Crippen LogP contribution in [-0.4, -0.2) is 64.9 Å². The van der Waals surface area contributed by atoms with Crippen molar-refractivity contribution in [2.45, 2.75) is 25.4 Å². The van der Waals surface area contributed by atoms with E-state index in [0.29, 0.717) is 12.6 Å². The summed E-state index contributed by atoms with van der Waals surface area (Å²) in [5.74, 6) is 1.70. The van der Waals surface area contributed by atoms with Gasteiger partial charge in [0.1, 0.15) is 5.75 Å². The van der Waals surface area contributed by atoms with Crippen LogP contribution in [-0.2, 0) is 11.3 Å². The number of anilines is 1. The van der Waals surface area contributed by atoms with Crippen LogP contribution in [0.3, 0.4) is 0 Å². The van der Waals surface area contributed by atoms with Gasteiger partial charge in [-0.2, -0.15) is 0 Å². The lowest BCUT2D eigenvalue weighted by Crippen LogP contribution is -2.42. The normalized spacial score (nSPS) is 14.9. The Kier molecular flexibility index (Phi) is 12.3. The van der Waals surface area contributed by atoms with Crippen LogP contribution < -0.4 is 20.7 Å². The second kappa shape index (κ2) is 15.0. The first kappa shape index (κ1) is 27.2. The van der Waals surface area contributed by atoms with E-state index in [1.807, 2.05) is 19.2 Å². The molecule has 0 aliphatic carbocycles. The van der Waals surface area contributed by atoms with Crippen LogP contribution in [0.2, 0.25) is 0 Å². The molecule has 0 aromatic heterocycles. The molecule has 8 heteroatoms. The monoisotopic (exact) mass is 567 g/mol. The van der Waals surface area contributed by atoms with Crippen molar-refractivity contribution in [3.63, 3.8) is 0 Å². The van der Waals surface area contributed by atoms with E-state index in [9.17, 15) is 0 Å². The third kappa shape index (κ3) is 8.68. The topological polar surface area (TPSA) is 70.2 Å². The number of nitrogens with one attached hydrogen (secondary N) is 3. The molecule has 0 saturated carbocycles. The van der Waals surface area contributed by atoms with E-state index in [1.54, 1.807) is 14.2 Å². The van der Waals surface area contributed by atoms with E-state index < -0.39 is 0 Å². The molecule has 1 aliphatic heterocycles. The fourth-order valence-corrected chi connectivity index (χ4v) is 3.97. The molecule has 1 unspecified atom stereocenters. The van der Waals surface area contributed by atoms with Gasteiger partial charge in [0.2, 0.25) is 0 Å². The van der Waals surface area contributed by atoms with E-state index >= 15 is 0 Å². The fourth-order valence-electron chi connectivity index (χ4n) is 3.97. The summed E-state index contributed by atoms with van der Waals surface area (Å²) < 4.78 is 10.4. The zero-order chi connectivity index (χ0) is 22.6. The van der Waals surface area contributed by atoms with Crippen molar-refractivity contribution in [2.24, 2.45) is 4.99 Å². The zero-order valence-electron chi connectivity index (χ0n) is 20.0. The number of ether oxygens (including phenoxy) is 2. The lowest BCUT2D eigenvalue weighted by Gasteiger charge is -2.29. The lowest BCUT2D eigenvalue weighted by molar-refractivity contribution is 0.211. The summed E-state index contributed by atoms with van der Waals surface area (Å²) >= 11 is 0. The zero-order valence-corrected chi connectivity index (χ0v) is 22.3. The number of guanidine groups is 1. The maximum atomic E-state index is 5.33. The smallest absolute Gasteiger partial charge is 0.191 e. The molecule has 1 saturated heterocycles. The van der Waals surface area contributed by atoms with Gasteiger partial charge in [0.25, 0.3) is 0 Å². The molecule has 1 fully saturated rings. The van der Waals surface area contributed by atoms with Crippen LogP contribution in [0.15, 0.2) is 53.5 Å². The number of hydrogen-bond donors (Lipinski definition) is 3. The van der Waals surface area contributed by atoms with Crippen molar-refractivity contribution in [1.29, 1.82) is 0 Å². The molecule has 1 atom stereocenters. The number of benzene rings is 2. The molecule has 2 aromatic rings. The molecule has 0 radical (unpaired) electrons. The van der Waals surface area contributed by atoms with Crippen LogP contribution in [0.5, 0.6) is 5.75 Å². The Bertz CT molecular complexity index is 824. The summed E-state index contributed by atoms with van der Waals surface area (Å²) in [5.41, 5.74) is 3.60. The second-order valence-electron chi connectivity index (χ2n) is 7.96. The number of halogens is 1. The first-order chi connectivity index (χ1) is 15.7. The predicted molar refractivity (Wildman–Crippen MR) is 147 cm³/mol. The van der Waals surface area contributed by atoms with Crippen LogP contribution in [0, 0.1) is 0 Å². The van der Waals surface area contributed by atoms with E-state index in [1.165, 1.54) is 24.0 Å². The van der Waals surface area contributed by atoms with Gasteiger partial charge >= 0.3 is 0 Å². The van der Waals surface area contributed by atoms with Gasteiger partial charge in [0.05, 0.1) is 19.8 Å². The molecule has 0 amide bonds. The Labute approximate surface area is 215 Å². The van der Waals surface area contributed by atoms with Crippen molar-refractivity contribution >= 4 is 35.6 Å². The molecule has 0 bridgehead atoms. The molecular formula is C25H38IN5O2. The number of aliphatic imine (C=N–C) groups is 1. The maximum Gasteiger partial charge on any atom is 0.191 e. The summed E-state index contributed by atoms with van der Waals surface area (Å²) in [5, 5.41) is 10.3. The molecule has 1 heterocycles. The van der Waals surface area contributed by atoms with Crippen LogP contribution in [0.1, 0.15) is 30.0 Å². The first-order valence-corrected chi connectivity index (χ1v) is 11.4. The highest BCUT2D eigenvalue weighted by Crippen LogP contribution is 2.26. The highest BCUT2D eigenvalue weighted by molar-refractivity contribution is 14.0. The number of nitrogens with zero attached hydrogens (tertiary/aromatic N) is 2. The first-order valence-electron chi connectivity index (χ1n) is 11.4. The van der Waals surface area contributed by atoms with Gasteiger partial charge in [-0.25, -0.2) is 0 Å². The summed E-state index contributed by atoms with van der Waals surface area (Å²) in [6.45, 7) is 5.28. The molecule has 3 N–H and O–H groups in total. The Balaban J connectivity index is 0.00000385. The molecule has 3 rings (SSSR count). The highest BCUT2D eigenvalue weighted by atomic mass is 127. The minimum absolute atomic E-state index is 0. The van der Waals surface area contributed by atoms with Crippen molar-refractivity contribution in [3.05, 3.63) is 59.7 Å². The van der Waals surface area contributed by atoms with Crippen LogP contribution >= 0.6 is 24.0 Å². The quantitative estimate of drug-likeness (QED) is 0.166. The van der Waals surface area contributed by atoms with E-state index in [-0.39, 0.29) is 24.0 Å². The maximum absolute atomic E-state index is 5.33. The molecule has 182 valence electrons. The van der Waals surface area contributed by atoms with Gasteiger partial charge in [-0.1, -0.05) is 24.3 Å². The van der Waals surface area contributed by atoms with Gasteiger partial charge < -0.3 is 25.4 Å². The summed E-state index contributed by atoms with van der Waals surface area (Å²) in [6.07, 6.45) is 2.52. The Morgan fingerprint density at radius 3 is 2.30 bits per heavy atom. The van der Waals surface area contributed by atoms with Crippen molar-refractivity contribution in [2.75, 3.05) is 59.4 Å². The average molecular weight is 568 g/mol. The predicted octanol–water partition coefficient (Wildman–Crippen LogP) is 3.87. The molecule has 2 aromatic carbocycles. The van der Waals surface area contributed by atoms with Crippen molar-refractivity contribution in [3.8, 4) is 5.75 Å². The highest BCUT2D eigenvalue weighted by Gasteiger charge is 2.23. The van der Waals surface area contributed by atoms with Crippen LogP contribution in [0.4, 0.5) is 5.69 Å². The largest absolute Gasteiger partial charge is 0.497 e.